The van der Waals surface area contributed by atoms with Gasteiger partial charge in [-0.25, -0.2) is 4.98 Å². The third kappa shape index (κ3) is 5.07. The Morgan fingerprint density at radius 1 is 1.24 bits per heavy atom. The summed E-state index contributed by atoms with van der Waals surface area (Å²) >= 11 is 1.34. The van der Waals surface area contributed by atoms with Gasteiger partial charge in [-0.3, -0.25) is 14.4 Å². The molecule has 10 heteroatoms. The fourth-order valence-electron chi connectivity index (χ4n) is 4.48. The predicted octanol–water partition coefficient (Wildman–Crippen LogP) is 2.69. The number of nitrogens with one attached hydrogen (secondary N) is 2. The molecular weight excluding hydrogens is 456 g/mol. The second kappa shape index (κ2) is 9.71. The van der Waals surface area contributed by atoms with Gasteiger partial charge in [-0.15, -0.1) is 11.3 Å². The number of hydrogen-bond donors (Lipinski definition) is 2. The first-order chi connectivity index (χ1) is 16.5. The molecule has 9 nitrogen and oxygen atoms in total. The number of thiazole rings is 1. The van der Waals surface area contributed by atoms with E-state index in [1.807, 2.05) is 0 Å². The molecule has 2 N–H and O–H groups in total. The molecule has 1 aliphatic carbocycles. The van der Waals surface area contributed by atoms with E-state index in [0.717, 1.165) is 13.0 Å². The van der Waals surface area contributed by atoms with Gasteiger partial charge in [0.25, 0.3) is 11.8 Å². The molecule has 2 fully saturated rings. The molecule has 3 atom stereocenters. The monoisotopic (exact) mass is 484 g/mol. The summed E-state index contributed by atoms with van der Waals surface area (Å²) in [4.78, 5) is 43.7. The highest BCUT2D eigenvalue weighted by Gasteiger charge is 2.39. The van der Waals surface area contributed by atoms with E-state index in [1.54, 1.807) is 41.0 Å². The number of hydrogen-bond acceptors (Lipinski definition) is 7. The molecule has 180 valence electrons. The minimum Gasteiger partial charge on any atom is -0.490 e. The molecular formula is C24H28N4O5S. The lowest BCUT2D eigenvalue weighted by Gasteiger charge is -2.42. The highest BCUT2D eigenvalue weighted by molar-refractivity contribution is 7.07. The summed E-state index contributed by atoms with van der Waals surface area (Å²) in [6.07, 6.45) is 3.65. The Hall–Kier alpha value is -2.98. The Labute approximate surface area is 201 Å². The van der Waals surface area contributed by atoms with Crippen LogP contribution in [0.25, 0.3) is 0 Å². The van der Waals surface area contributed by atoms with Crippen LogP contribution < -0.4 is 15.4 Å². The van der Waals surface area contributed by atoms with Crippen LogP contribution in [0.15, 0.2) is 29.1 Å². The van der Waals surface area contributed by atoms with Crippen molar-refractivity contribution in [1.82, 2.24) is 15.2 Å². The Balaban J connectivity index is 1.25. The van der Waals surface area contributed by atoms with Gasteiger partial charge in [-0.05, 0) is 49.8 Å². The quantitative estimate of drug-likeness (QED) is 0.653. The molecule has 1 aromatic carbocycles. The first-order valence-corrected chi connectivity index (χ1v) is 12.6. The lowest BCUT2D eigenvalue weighted by atomic mass is 9.94. The zero-order chi connectivity index (χ0) is 23.7. The van der Waals surface area contributed by atoms with Gasteiger partial charge in [0.15, 0.2) is 0 Å². The maximum absolute atomic E-state index is 13.3. The van der Waals surface area contributed by atoms with Gasteiger partial charge in [-0.2, -0.15) is 0 Å². The Kier molecular flexibility index (Phi) is 6.51. The number of carbonyl (C=O) groups excluding carboxylic acids is 3. The second-order valence-electron chi connectivity index (χ2n) is 9.16. The number of likely N-dealkylation sites (N-methyl/N-ethyl adjacent to an activating group) is 1. The number of rotatable bonds is 6. The summed E-state index contributed by atoms with van der Waals surface area (Å²) in [7, 11) is 1.77. The Morgan fingerprint density at radius 3 is 2.85 bits per heavy atom. The average Bonchev–Trinajstić information content (AvgIpc) is 3.50. The van der Waals surface area contributed by atoms with Crippen molar-refractivity contribution in [1.29, 1.82) is 0 Å². The highest BCUT2D eigenvalue weighted by Crippen LogP contribution is 2.33. The van der Waals surface area contributed by atoms with Crippen LogP contribution in [0.3, 0.4) is 0 Å². The number of ether oxygens (including phenoxy) is 2. The first-order valence-electron chi connectivity index (χ1n) is 11.6. The molecule has 0 radical (unpaired) electrons. The number of nitrogens with zero attached hydrogens (tertiary/aromatic N) is 2. The van der Waals surface area contributed by atoms with Crippen molar-refractivity contribution in [3.8, 4) is 5.75 Å². The summed E-state index contributed by atoms with van der Waals surface area (Å²) in [5.41, 5.74) is 2.81. The molecule has 2 aromatic rings. The van der Waals surface area contributed by atoms with E-state index in [1.165, 1.54) is 24.2 Å². The standard InChI is InChI=1S/C24H28N4O5S/c1-28-19-6-5-16(9-22(29)25-10-14-2-3-14)33-21(19)11-32-20-7-4-15(8-17(20)24(28)31)27-23(30)18-12-34-13-26-18/h4,7-8,12-14,16,19,21H,2-3,5-6,9-11H2,1H3,(H,25,29)(H,27,30)/t16-,19-,21+/m0/s1. The minimum atomic E-state index is -0.332. The number of amides is 3. The molecule has 34 heavy (non-hydrogen) atoms. The van der Waals surface area contributed by atoms with Crippen LogP contribution in [-0.4, -0.2) is 66.1 Å². The van der Waals surface area contributed by atoms with Gasteiger partial charge < -0.3 is 25.0 Å². The van der Waals surface area contributed by atoms with Crippen LogP contribution in [0.1, 0.15) is 53.0 Å². The SMILES string of the molecule is CN1C(=O)c2cc(NC(=O)c3cscn3)ccc2OC[C@H]2O[C@H](CC(=O)NCC3CC3)CC[C@@H]21. The van der Waals surface area contributed by atoms with Crippen LogP contribution in [0, 0.1) is 5.92 Å². The van der Waals surface area contributed by atoms with Crippen molar-refractivity contribution in [2.75, 3.05) is 25.5 Å². The fourth-order valence-corrected chi connectivity index (χ4v) is 5.02. The number of anilines is 1. The van der Waals surface area contributed by atoms with Gasteiger partial charge in [-0.1, -0.05) is 0 Å². The average molecular weight is 485 g/mol. The molecule has 3 heterocycles. The Morgan fingerprint density at radius 2 is 2.09 bits per heavy atom. The van der Waals surface area contributed by atoms with Gasteiger partial charge in [0.05, 0.1) is 29.6 Å². The molecule has 0 unspecified atom stereocenters. The molecule has 3 amide bonds. The van der Waals surface area contributed by atoms with E-state index in [2.05, 4.69) is 15.6 Å². The van der Waals surface area contributed by atoms with Gasteiger partial charge in [0.2, 0.25) is 5.91 Å². The normalized spacial score (nSPS) is 24.2. The molecule has 5 rings (SSSR count). The second-order valence-corrected chi connectivity index (χ2v) is 9.88. The molecule has 0 bridgehead atoms. The fraction of sp³-hybridized carbons (Fsp3) is 0.500. The van der Waals surface area contributed by atoms with Crippen molar-refractivity contribution in [3.63, 3.8) is 0 Å². The summed E-state index contributed by atoms with van der Waals surface area (Å²) in [6.45, 7) is 1.03. The first kappa shape index (κ1) is 22.8. The zero-order valence-corrected chi connectivity index (χ0v) is 19.8. The maximum atomic E-state index is 13.3. The molecule has 1 saturated heterocycles. The summed E-state index contributed by atoms with van der Waals surface area (Å²) in [6, 6.07) is 4.86. The van der Waals surface area contributed by atoms with Gasteiger partial charge >= 0.3 is 0 Å². The number of aromatic nitrogens is 1. The Bertz CT molecular complexity index is 1070. The van der Waals surface area contributed by atoms with Gasteiger partial charge in [0.1, 0.15) is 24.2 Å². The molecule has 1 aromatic heterocycles. The van der Waals surface area contributed by atoms with Crippen molar-refractivity contribution < 1.29 is 23.9 Å². The minimum absolute atomic E-state index is 0.0177. The van der Waals surface area contributed by atoms with Crippen LogP contribution in [0.5, 0.6) is 5.75 Å². The molecule has 0 spiro atoms. The van der Waals surface area contributed by atoms with Crippen LogP contribution in [0.4, 0.5) is 5.69 Å². The summed E-state index contributed by atoms with van der Waals surface area (Å²) in [5, 5.41) is 7.44. The largest absolute Gasteiger partial charge is 0.490 e. The predicted molar refractivity (Wildman–Crippen MR) is 126 cm³/mol. The highest BCUT2D eigenvalue weighted by atomic mass is 32.1. The topological polar surface area (TPSA) is 110 Å². The van der Waals surface area contributed by atoms with E-state index < -0.39 is 0 Å². The van der Waals surface area contributed by atoms with Crippen molar-refractivity contribution in [2.24, 2.45) is 5.92 Å². The van der Waals surface area contributed by atoms with E-state index in [4.69, 9.17) is 9.47 Å². The summed E-state index contributed by atoms with van der Waals surface area (Å²) in [5.74, 6) is 0.569. The van der Waals surface area contributed by atoms with Crippen LogP contribution >= 0.6 is 11.3 Å². The summed E-state index contributed by atoms with van der Waals surface area (Å²) < 4.78 is 12.2. The van der Waals surface area contributed by atoms with Crippen LogP contribution in [0.2, 0.25) is 0 Å². The zero-order valence-electron chi connectivity index (χ0n) is 19.0. The van der Waals surface area contributed by atoms with E-state index in [9.17, 15) is 14.4 Å². The van der Waals surface area contributed by atoms with E-state index in [-0.39, 0.29) is 42.6 Å². The molecule has 2 aliphatic heterocycles. The van der Waals surface area contributed by atoms with Crippen molar-refractivity contribution in [2.45, 2.75) is 50.4 Å². The van der Waals surface area contributed by atoms with E-state index >= 15 is 0 Å². The lowest BCUT2D eigenvalue weighted by molar-refractivity contribution is -0.134. The number of carbonyl (C=O) groups is 3. The van der Waals surface area contributed by atoms with Gasteiger partial charge in [0, 0.05) is 24.7 Å². The molecule has 3 aliphatic rings. The lowest BCUT2D eigenvalue weighted by Crippen LogP contribution is -2.54. The number of fused-ring (bicyclic) bond motifs is 2. The van der Waals surface area contributed by atoms with E-state index in [0.29, 0.717) is 41.5 Å². The third-order valence-corrected chi connectivity index (χ3v) is 7.22. The third-order valence-electron chi connectivity index (χ3n) is 6.63. The maximum Gasteiger partial charge on any atom is 0.275 e. The van der Waals surface area contributed by atoms with Crippen LogP contribution in [-0.2, 0) is 9.53 Å². The number of benzene rings is 1. The van der Waals surface area contributed by atoms with Crippen molar-refractivity contribution >= 4 is 34.7 Å². The molecule has 1 saturated carbocycles. The van der Waals surface area contributed by atoms with Crippen molar-refractivity contribution in [3.05, 3.63) is 40.3 Å². The smallest absolute Gasteiger partial charge is 0.275 e.